The summed E-state index contributed by atoms with van der Waals surface area (Å²) in [6.07, 6.45) is 4.46. The third-order valence-corrected chi connectivity index (χ3v) is 1.93. The van der Waals surface area contributed by atoms with Gasteiger partial charge in [0.1, 0.15) is 0 Å². The molecule has 0 aromatic heterocycles. The van der Waals surface area contributed by atoms with Crippen molar-refractivity contribution in [1.29, 1.82) is 0 Å². The van der Waals surface area contributed by atoms with Crippen LogP contribution < -0.4 is 0 Å². The first kappa shape index (κ1) is 4.25. The Bertz CT molecular complexity index is 66.3. The molecule has 1 aliphatic rings. The van der Waals surface area contributed by atoms with Crippen LogP contribution in [0.15, 0.2) is 12.2 Å². The molecule has 0 radical (unpaired) electrons. The zero-order valence-corrected chi connectivity index (χ0v) is 4.66. The van der Waals surface area contributed by atoms with E-state index in [0.717, 1.165) is 5.25 Å². The molecule has 0 N–H and O–H groups in total. The van der Waals surface area contributed by atoms with Gasteiger partial charge in [-0.25, -0.2) is 0 Å². The van der Waals surface area contributed by atoms with Gasteiger partial charge in [-0.15, -0.1) is 0 Å². The van der Waals surface area contributed by atoms with Crippen molar-refractivity contribution >= 4 is 11.8 Å². The molecule has 0 bridgehead atoms. The van der Waals surface area contributed by atoms with E-state index >= 15 is 0 Å². The van der Waals surface area contributed by atoms with Crippen LogP contribution in [0.4, 0.5) is 0 Å². The Balaban J connectivity index is 2.38. The smallest absolute Gasteiger partial charge is 0.0202 e. The average molecular weight is 100 g/mol. The molecule has 1 heteroatoms. The summed E-state index contributed by atoms with van der Waals surface area (Å²) in [6.45, 7) is 2.22. The minimum absolute atomic E-state index is 0.782. The molecule has 0 aromatic rings. The minimum atomic E-state index is 0.782. The van der Waals surface area contributed by atoms with Crippen molar-refractivity contribution in [3.8, 4) is 0 Å². The van der Waals surface area contributed by atoms with Gasteiger partial charge in [0.25, 0.3) is 0 Å². The molecule has 0 aliphatic carbocycles. The van der Waals surface area contributed by atoms with Crippen LogP contribution in [-0.4, -0.2) is 11.0 Å². The Morgan fingerprint density at radius 1 is 1.83 bits per heavy atom. The van der Waals surface area contributed by atoms with Crippen molar-refractivity contribution in [3.63, 3.8) is 0 Å². The lowest BCUT2D eigenvalue weighted by Crippen LogP contribution is -1.79. The standard InChI is InChI=1S/C5H8S/c1-5-3-2-4-6-5/h2-3,5H,4H2,1H3. The quantitative estimate of drug-likeness (QED) is 0.417. The number of hydrogen-bond acceptors (Lipinski definition) is 1. The molecule has 1 atom stereocenters. The Morgan fingerprint density at radius 2 is 2.67 bits per heavy atom. The van der Waals surface area contributed by atoms with Crippen molar-refractivity contribution < 1.29 is 0 Å². The zero-order valence-electron chi connectivity index (χ0n) is 3.85. The van der Waals surface area contributed by atoms with Crippen LogP contribution in [0.25, 0.3) is 0 Å². The van der Waals surface area contributed by atoms with Gasteiger partial charge in [0.05, 0.1) is 0 Å². The summed E-state index contributed by atoms with van der Waals surface area (Å²) in [5.41, 5.74) is 0. The van der Waals surface area contributed by atoms with Crippen LogP contribution in [0, 0.1) is 0 Å². The van der Waals surface area contributed by atoms with Crippen molar-refractivity contribution in [1.82, 2.24) is 0 Å². The molecule has 1 aliphatic heterocycles. The van der Waals surface area contributed by atoms with Gasteiger partial charge in [0, 0.05) is 11.0 Å². The van der Waals surface area contributed by atoms with Crippen LogP contribution in [0.2, 0.25) is 0 Å². The number of rotatable bonds is 0. The van der Waals surface area contributed by atoms with Gasteiger partial charge in [-0.1, -0.05) is 12.2 Å². The molecule has 0 fully saturated rings. The number of thioether (sulfide) groups is 1. The van der Waals surface area contributed by atoms with Gasteiger partial charge in [0.2, 0.25) is 0 Å². The van der Waals surface area contributed by atoms with E-state index in [1.165, 1.54) is 5.75 Å². The second-order valence-electron chi connectivity index (χ2n) is 1.47. The SMILES string of the molecule is CC1C=CCS1. The maximum Gasteiger partial charge on any atom is 0.0202 e. The molecule has 1 rings (SSSR count). The third kappa shape index (κ3) is 0.777. The van der Waals surface area contributed by atoms with Crippen LogP contribution in [0.3, 0.4) is 0 Å². The van der Waals surface area contributed by atoms with Gasteiger partial charge >= 0.3 is 0 Å². The normalized spacial score (nSPS) is 31.8. The fourth-order valence-corrected chi connectivity index (χ4v) is 1.26. The molecule has 34 valence electrons. The number of hydrogen-bond donors (Lipinski definition) is 0. The maximum atomic E-state index is 2.24. The van der Waals surface area contributed by atoms with E-state index in [2.05, 4.69) is 19.1 Å². The van der Waals surface area contributed by atoms with Crippen molar-refractivity contribution in [2.45, 2.75) is 12.2 Å². The summed E-state index contributed by atoms with van der Waals surface area (Å²) in [5, 5.41) is 0.782. The largest absolute Gasteiger partial charge is 0.151 e. The van der Waals surface area contributed by atoms with Crippen molar-refractivity contribution in [2.24, 2.45) is 0 Å². The van der Waals surface area contributed by atoms with Crippen LogP contribution in [0.5, 0.6) is 0 Å². The lowest BCUT2D eigenvalue weighted by atomic mass is 10.4. The first-order valence-corrected chi connectivity index (χ1v) is 3.23. The first-order valence-electron chi connectivity index (χ1n) is 2.18. The van der Waals surface area contributed by atoms with Crippen LogP contribution in [-0.2, 0) is 0 Å². The fourth-order valence-electron chi connectivity index (χ4n) is 0.510. The van der Waals surface area contributed by atoms with E-state index in [-0.39, 0.29) is 0 Å². The Kier molecular flexibility index (Phi) is 1.20. The van der Waals surface area contributed by atoms with E-state index in [9.17, 15) is 0 Å². The highest BCUT2D eigenvalue weighted by Gasteiger charge is 1.99. The molecule has 0 saturated carbocycles. The molecule has 0 nitrogen and oxygen atoms in total. The molecule has 6 heavy (non-hydrogen) atoms. The van der Waals surface area contributed by atoms with E-state index in [0.29, 0.717) is 0 Å². The van der Waals surface area contributed by atoms with Gasteiger partial charge in [-0.05, 0) is 6.92 Å². The summed E-state index contributed by atoms with van der Waals surface area (Å²) in [4.78, 5) is 0. The fraction of sp³-hybridized carbons (Fsp3) is 0.600. The van der Waals surface area contributed by atoms with Gasteiger partial charge in [0.15, 0.2) is 0 Å². The Labute approximate surface area is 42.6 Å². The highest BCUT2D eigenvalue weighted by atomic mass is 32.2. The van der Waals surface area contributed by atoms with E-state index in [1.807, 2.05) is 11.8 Å². The van der Waals surface area contributed by atoms with Crippen LogP contribution >= 0.6 is 11.8 Å². The van der Waals surface area contributed by atoms with Crippen LogP contribution in [0.1, 0.15) is 6.92 Å². The molecule has 1 heterocycles. The maximum absolute atomic E-state index is 2.24. The molecule has 0 amide bonds. The van der Waals surface area contributed by atoms with Crippen molar-refractivity contribution in [2.75, 3.05) is 5.75 Å². The summed E-state index contributed by atoms with van der Waals surface area (Å²) in [5.74, 6) is 1.22. The lowest BCUT2D eigenvalue weighted by molar-refractivity contribution is 1.27. The van der Waals surface area contributed by atoms with Crippen molar-refractivity contribution in [3.05, 3.63) is 12.2 Å². The van der Waals surface area contributed by atoms with E-state index in [4.69, 9.17) is 0 Å². The Morgan fingerprint density at radius 3 is 2.83 bits per heavy atom. The molecule has 0 spiro atoms. The Hall–Kier alpha value is 0.0900. The monoisotopic (exact) mass is 100 g/mol. The zero-order chi connectivity index (χ0) is 4.41. The predicted molar refractivity (Wildman–Crippen MR) is 31.1 cm³/mol. The molecule has 0 aromatic carbocycles. The minimum Gasteiger partial charge on any atom is -0.151 e. The summed E-state index contributed by atoms with van der Waals surface area (Å²) in [7, 11) is 0. The summed E-state index contributed by atoms with van der Waals surface area (Å²) < 4.78 is 0. The van der Waals surface area contributed by atoms with Gasteiger partial charge in [-0.2, -0.15) is 11.8 Å². The molecular formula is C5H8S. The highest BCUT2D eigenvalue weighted by Crippen LogP contribution is 2.17. The van der Waals surface area contributed by atoms with Gasteiger partial charge < -0.3 is 0 Å². The van der Waals surface area contributed by atoms with Gasteiger partial charge in [-0.3, -0.25) is 0 Å². The third-order valence-electron chi connectivity index (χ3n) is 0.862. The lowest BCUT2D eigenvalue weighted by Gasteiger charge is -1.89. The predicted octanol–water partition coefficient (Wildman–Crippen LogP) is 1.68. The summed E-state index contributed by atoms with van der Waals surface area (Å²) in [6, 6.07) is 0. The van der Waals surface area contributed by atoms with E-state index in [1.54, 1.807) is 0 Å². The second kappa shape index (κ2) is 1.69. The summed E-state index contributed by atoms with van der Waals surface area (Å²) >= 11 is 1.99. The second-order valence-corrected chi connectivity index (χ2v) is 2.88. The van der Waals surface area contributed by atoms with E-state index < -0.39 is 0 Å². The molecule has 1 unspecified atom stereocenters. The highest BCUT2D eigenvalue weighted by molar-refractivity contribution is 8.00. The molecule has 0 saturated heterocycles. The molecular weight excluding hydrogens is 92.1 g/mol. The average Bonchev–Trinajstić information content (AvgIpc) is 1.86. The first-order chi connectivity index (χ1) is 2.89. The topological polar surface area (TPSA) is 0 Å².